The van der Waals surface area contributed by atoms with Crippen LogP contribution in [0.5, 0.6) is 0 Å². The first kappa shape index (κ1) is 19.5. The fourth-order valence-corrected chi connectivity index (χ4v) is 4.63. The van der Waals surface area contributed by atoms with Gasteiger partial charge in [0.05, 0.1) is 41.1 Å². The standard InChI is InChI=1S/C15H21Cl2N3O3S/c1-11(15(21)18(2)3)19-6-8-20(9-7-19)24(22,23)12-4-5-13(16)14(17)10-12/h4-5,10-11H,6-9H2,1-3H3/p+1/t11-/m1/s1. The number of likely N-dealkylation sites (N-methyl/N-ethyl adjacent to an activating group) is 1. The van der Waals surface area contributed by atoms with Crippen molar-refractivity contribution in [1.29, 1.82) is 0 Å². The van der Waals surface area contributed by atoms with Crippen LogP contribution in [0.1, 0.15) is 6.92 Å². The molecule has 0 aromatic heterocycles. The molecule has 1 aromatic rings. The van der Waals surface area contributed by atoms with Crippen LogP contribution in [0.4, 0.5) is 0 Å². The van der Waals surface area contributed by atoms with E-state index in [0.29, 0.717) is 31.2 Å². The largest absolute Gasteiger partial charge is 0.344 e. The van der Waals surface area contributed by atoms with Crippen molar-refractivity contribution < 1.29 is 18.1 Å². The van der Waals surface area contributed by atoms with E-state index in [9.17, 15) is 13.2 Å². The molecule has 1 N–H and O–H groups in total. The predicted molar refractivity (Wildman–Crippen MR) is 94.1 cm³/mol. The van der Waals surface area contributed by atoms with Crippen LogP contribution in [0.15, 0.2) is 23.1 Å². The predicted octanol–water partition coefficient (Wildman–Crippen LogP) is 0.359. The van der Waals surface area contributed by atoms with Gasteiger partial charge >= 0.3 is 0 Å². The normalized spacial score (nSPS) is 18.4. The number of piperazine rings is 1. The molecule has 1 atom stereocenters. The summed E-state index contributed by atoms with van der Waals surface area (Å²) < 4.78 is 26.9. The maximum Gasteiger partial charge on any atom is 0.280 e. The fraction of sp³-hybridized carbons (Fsp3) is 0.533. The number of amides is 1. The van der Waals surface area contributed by atoms with Gasteiger partial charge in [0, 0.05) is 14.1 Å². The molecule has 0 aliphatic carbocycles. The zero-order valence-corrected chi connectivity index (χ0v) is 16.2. The Kier molecular flexibility index (Phi) is 6.14. The molecule has 134 valence electrons. The van der Waals surface area contributed by atoms with E-state index in [-0.39, 0.29) is 21.9 Å². The second kappa shape index (κ2) is 7.58. The Bertz CT molecular complexity index is 717. The third kappa shape index (κ3) is 4.03. The number of nitrogens with one attached hydrogen (secondary N) is 1. The lowest BCUT2D eigenvalue weighted by Crippen LogP contribution is -3.19. The van der Waals surface area contributed by atoms with E-state index in [1.54, 1.807) is 19.0 Å². The Balaban J connectivity index is 2.08. The quantitative estimate of drug-likeness (QED) is 0.801. The first-order valence-corrected chi connectivity index (χ1v) is 9.85. The number of halogens is 2. The Morgan fingerprint density at radius 3 is 2.29 bits per heavy atom. The Hall–Kier alpha value is -0.860. The Labute approximate surface area is 153 Å². The summed E-state index contributed by atoms with van der Waals surface area (Å²) in [5, 5.41) is 0.535. The van der Waals surface area contributed by atoms with Crippen LogP contribution in [-0.2, 0) is 14.8 Å². The summed E-state index contributed by atoms with van der Waals surface area (Å²) in [7, 11) is -0.155. The van der Waals surface area contributed by atoms with Gasteiger partial charge < -0.3 is 9.80 Å². The van der Waals surface area contributed by atoms with E-state index in [0.717, 1.165) is 4.90 Å². The third-order valence-corrected chi connectivity index (χ3v) is 6.95. The van der Waals surface area contributed by atoms with Gasteiger partial charge in [-0.15, -0.1) is 0 Å². The number of rotatable bonds is 4. The lowest BCUT2D eigenvalue weighted by Gasteiger charge is -2.34. The van der Waals surface area contributed by atoms with Gasteiger partial charge in [0.25, 0.3) is 5.91 Å². The first-order chi connectivity index (χ1) is 11.1. The molecule has 0 saturated carbocycles. The lowest BCUT2D eigenvalue weighted by molar-refractivity contribution is -0.917. The second-order valence-corrected chi connectivity index (χ2v) is 8.84. The minimum Gasteiger partial charge on any atom is -0.344 e. The minimum atomic E-state index is -3.61. The number of sulfonamides is 1. The third-order valence-electron chi connectivity index (χ3n) is 4.32. The van der Waals surface area contributed by atoms with Gasteiger partial charge in [-0.1, -0.05) is 23.2 Å². The van der Waals surface area contributed by atoms with Gasteiger partial charge in [-0.25, -0.2) is 8.42 Å². The summed E-state index contributed by atoms with van der Waals surface area (Å²) >= 11 is 11.8. The summed E-state index contributed by atoms with van der Waals surface area (Å²) in [5.41, 5.74) is 0. The van der Waals surface area contributed by atoms with Crippen LogP contribution in [0.2, 0.25) is 10.0 Å². The smallest absolute Gasteiger partial charge is 0.280 e. The molecule has 0 bridgehead atoms. The van der Waals surface area contributed by atoms with Crippen LogP contribution in [0, 0.1) is 0 Å². The monoisotopic (exact) mass is 394 g/mol. The van der Waals surface area contributed by atoms with Crippen molar-refractivity contribution in [3.8, 4) is 0 Å². The lowest BCUT2D eigenvalue weighted by atomic mass is 10.2. The van der Waals surface area contributed by atoms with Crippen LogP contribution in [-0.4, -0.2) is 69.8 Å². The molecule has 2 rings (SSSR count). The first-order valence-electron chi connectivity index (χ1n) is 7.65. The molecule has 24 heavy (non-hydrogen) atoms. The molecule has 1 aromatic carbocycles. The van der Waals surface area contributed by atoms with E-state index in [2.05, 4.69) is 0 Å². The van der Waals surface area contributed by atoms with E-state index in [1.165, 1.54) is 22.5 Å². The van der Waals surface area contributed by atoms with E-state index in [4.69, 9.17) is 23.2 Å². The number of hydrogen-bond donors (Lipinski definition) is 1. The molecule has 1 aliphatic heterocycles. The summed E-state index contributed by atoms with van der Waals surface area (Å²) in [5.74, 6) is 0.0470. The minimum absolute atomic E-state index is 0.0470. The van der Waals surface area contributed by atoms with Crippen LogP contribution in [0.25, 0.3) is 0 Å². The van der Waals surface area contributed by atoms with E-state index >= 15 is 0 Å². The van der Waals surface area contributed by atoms with Crippen molar-refractivity contribution in [2.24, 2.45) is 0 Å². The molecular weight excluding hydrogens is 373 g/mol. The molecular formula is C15H22Cl2N3O3S+. The zero-order valence-electron chi connectivity index (χ0n) is 13.9. The van der Waals surface area contributed by atoms with Crippen molar-refractivity contribution in [2.45, 2.75) is 17.9 Å². The summed E-state index contributed by atoms with van der Waals surface area (Å²) in [4.78, 5) is 14.9. The highest BCUT2D eigenvalue weighted by Gasteiger charge is 2.35. The number of nitrogens with zero attached hydrogens (tertiary/aromatic N) is 2. The average Bonchev–Trinajstić information content (AvgIpc) is 2.55. The fourth-order valence-electron chi connectivity index (χ4n) is 2.80. The second-order valence-electron chi connectivity index (χ2n) is 6.09. The van der Waals surface area contributed by atoms with Gasteiger partial charge in [-0.3, -0.25) is 4.79 Å². The van der Waals surface area contributed by atoms with Crippen molar-refractivity contribution in [1.82, 2.24) is 9.21 Å². The van der Waals surface area contributed by atoms with Gasteiger partial charge in [-0.2, -0.15) is 4.31 Å². The van der Waals surface area contributed by atoms with Crippen LogP contribution in [0.3, 0.4) is 0 Å². The topological polar surface area (TPSA) is 62.1 Å². The molecule has 6 nitrogen and oxygen atoms in total. The Morgan fingerprint density at radius 2 is 1.79 bits per heavy atom. The van der Waals surface area contributed by atoms with Gasteiger partial charge in [0.1, 0.15) is 0 Å². The van der Waals surface area contributed by atoms with E-state index < -0.39 is 10.0 Å². The van der Waals surface area contributed by atoms with Gasteiger partial charge in [0.2, 0.25) is 10.0 Å². The molecule has 1 fully saturated rings. The Morgan fingerprint density at radius 1 is 1.21 bits per heavy atom. The number of hydrogen-bond acceptors (Lipinski definition) is 3. The zero-order chi connectivity index (χ0) is 18.1. The molecule has 9 heteroatoms. The maximum atomic E-state index is 12.7. The molecule has 0 spiro atoms. The number of carbonyl (C=O) groups excluding carboxylic acids is 1. The maximum absolute atomic E-state index is 12.7. The van der Waals surface area contributed by atoms with Crippen molar-refractivity contribution in [2.75, 3.05) is 40.3 Å². The highest BCUT2D eigenvalue weighted by Crippen LogP contribution is 2.26. The summed E-state index contributed by atoms with van der Waals surface area (Å²) in [6.07, 6.45) is 0. The molecule has 1 heterocycles. The van der Waals surface area contributed by atoms with Crippen molar-refractivity contribution in [3.05, 3.63) is 28.2 Å². The van der Waals surface area contributed by atoms with E-state index in [1.807, 2.05) is 6.92 Å². The SMILES string of the molecule is C[C@H](C(=O)N(C)C)[NH+]1CCN(S(=O)(=O)c2ccc(Cl)c(Cl)c2)CC1. The number of quaternary nitrogens is 1. The number of carbonyl (C=O) groups is 1. The highest BCUT2D eigenvalue weighted by molar-refractivity contribution is 7.89. The molecule has 1 saturated heterocycles. The molecule has 0 unspecified atom stereocenters. The summed E-state index contributed by atoms with van der Waals surface area (Å²) in [6.45, 7) is 3.77. The molecule has 1 aliphatic rings. The molecule has 0 radical (unpaired) electrons. The van der Waals surface area contributed by atoms with Crippen molar-refractivity contribution >= 4 is 39.1 Å². The van der Waals surface area contributed by atoms with Gasteiger partial charge in [0.15, 0.2) is 6.04 Å². The highest BCUT2D eigenvalue weighted by atomic mass is 35.5. The summed E-state index contributed by atoms with van der Waals surface area (Å²) in [6, 6.07) is 4.13. The molecule has 1 amide bonds. The number of benzene rings is 1. The van der Waals surface area contributed by atoms with Crippen LogP contribution < -0.4 is 4.90 Å². The average molecular weight is 395 g/mol. The van der Waals surface area contributed by atoms with Crippen molar-refractivity contribution in [3.63, 3.8) is 0 Å². The van der Waals surface area contributed by atoms with Crippen LogP contribution >= 0.6 is 23.2 Å². The van der Waals surface area contributed by atoms with Gasteiger partial charge in [-0.05, 0) is 25.1 Å².